The first-order valence-corrected chi connectivity index (χ1v) is 10.1. The van der Waals surface area contributed by atoms with E-state index in [1.54, 1.807) is 29.9 Å². The van der Waals surface area contributed by atoms with Crippen molar-refractivity contribution in [3.8, 4) is 0 Å². The fraction of sp³-hybridized carbons (Fsp3) is 0.471. The molecule has 136 valence electrons. The van der Waals surface area contributed by atoms with Crippen LogP contribution in [0.1, 0.15) is 24.2 Å². The van der Waals surface area contributed by atoms with E-state index < -0.39 is 10.0 Å². The molecule has 0 atom stereocenters. The van der Waals surface area contributed by atoms with Gasteiger partial charge in [-0.1, -0.05) is 11.6 Å². The molecule has 0 saturated carbocycles. The quantitative estimate of drug-likeness (QED) is 0.882. The lowest BCUT2D eigenvalue weighted by Crippen LogP contribution is -2.42. The summed E-state index contributed by atoms with van der Waals surface area (Å²) in [6, 6.07) is 7.82. The number of benzene rings is 1. The number of nitrogens with one attached hydrogen (secondary N) is 1. The van der Waals surface area contributed by atoms with E-state index in [1.165, 1.54) is 0 Å². The predicted molar refractivity (Wildman–Crippen MR) is 99.5 cm³/mol. The lowest BCUT2D eigenvalue weighted by molar-refractivity contribution is 0.329. The second kappa shape index (κ2) is 6.97. The number of aryl methyl sites for hydroxylation is 2. The van der Waals surface area contributed by atoms with Crippen molar-refractivity contribution >= 4 is 27.3 Å². The third-order valence-electron chi connectivity index (χ3n) is 4.71. The van der Waals surface area contributed by atoms with Gasteiger partial charge in [-0.05, 0) is 51.0 Å². The van der Waals surface area contributed by atoms with Crippen LogP contribution in [0.5, 0.6) is 0 Å². The van der Waals surface area contributed by atoms with Gasteiger partial charge >= 0.3 is 0 Å². The van der Waals surface area contributed by atoms with Crippen LogP contribution >= 0.6 is 11.6 Å². The molecular formula is C17H23ClN4O2S. The number of hydrogen-bond donors (Lipinski definition) is 1. The van der Waals surface area contributed by atoms with Crippen molar-refractivity contribution in [2.45, 2.75) is 37.6 Å². The third-order valence-corrected chi connectivity index (χ3v) is 7.11. The Balaban J connectivity index is 1.68. The van der Waals surface area contributed by atoms with E-state index in [9.17, 15) is 8.42 Å². The molecule has 8 heteroatoms. The van der Waals surface area contributed by atoms with Crippen molar-refractivity contribution < 1.29 is 8.42 Å². The normalized spacial score (nSPS) is 17.0. The number of nitrogens with zero attached hydrogens (tertiary/aromatic N) is 3. The predicted octanol–water partition coefficient (Wildman–Crippen LogP) is 2.96. The maximum Gasteiger partial charge on any atom is 0.246 e. The van der Waals surface area contributed by atoms with Crippen molar-refractivity contribution in [3.63, 3.8) is 0 Å². The molecule has 0 radical (unpaired) electrons. The number of aromatic nitrogens is 2. The topological polar surface area (TPSA) is 67.2 Å². The van der Waals surface area contributed by atoms with E-state index in [0.29, 0.717) is 34.4 Å². The van der Waals surface area contributed by atoms with Gasteiger partial charge in [0, 0.05) is 36.9 Å². The molecule has 0 bridgehead atoms. The minimum atomic E-state index is -3.50. The highest BCUT2D eigenvalue weighted by Crippen LogP contribution is 2.26. The molecule has 2 aromatic rings. The number of hydrogen-bond acceptors (Lipinski definition) is 4. The molecule has 0 aliphatic carbocycles. The summed E-state index contributed by atoms with van der Waals surface area (Å²) in [5.74, 6) is 0. The minimum Gasteiger partial charge on any atom is -0.382 e. The zero-order valence-electron chi connectivity index (χ0n) is 14.7. The Bertz CT molecular complexity index is 854. The molecule has 1 aromatic heterocycles. The Labute approximate surface area is 153 Å². The van der Waals surface area contributed by atoms with Crippen LogP contribution in [0.3, 0.4) is 0 Å². The molecule has 0 unspecified atom stereocenters. The zero-order chi connectivity index (χ0) is 18.2. The van der Waals surface area contributed by atoms with E-state index in [0.717, 1.165) is 18.5 Å². The summed E-state index contributed by atoms with van der Waals surface area (Å²) in [5, 5.41) is 8.39. The van der Waals surface area contributed by atoms with Gasteiger partial charge in [0.2, 0.25) is 10.0 Å². The molecule has 0 amide bonds. The number of sulfonamides is 1. The summed E-state index contributed by atoms with van der Waals surface area (Å²) >= 11 is 5.90. The van der Waals surface area contributed by atoms with Gasteiger partial charge < -0.3 is 5.32 Å². The van der Waals surface area contributed by atoms with Crippen molar-refractivity contribution in [2.75, 3.05) is 18.4 Å². The van der Waals surface area contributed by atoms with Crippen LogP contribution in [0.15, 0.2) is 29.2 Å². The summed E-state index contributed by atoms with van der Waals surface area (Å²) in [5.41, 5.74) is 2.24. The molecule has 1 N–H and O–H groups in total. The Morgan fingerprint density at radius 3 is 2.28 bits per heavy atom. The third kappa shape index (κ3) is 3.68. The molecule has 1 saturated heterocycles. The SMILES string of the molecule is Cc1nn(C)c(C)c1S(=O)(=O)N1CCC(Nc2ccc(Cl)cc2)CC1. The van der Waals surface area contributed by atoms with E-state index in [4.69, 9.17) is 11.6 Å². The lowest BCUT2D eigenvalue weighted by Gasteiger charge is -2.32. The van der Waals surface area contributed by atoms with Crippen molar-refractivity contribution in [2.24, 2.45) is 7.05 Å². The largest absolute Gasteiger partial charge is 0.382 e. The Kier molecular flexibility index (Phi) is 5.09. The molecule has 1 aliphatic rings. The smallest absolute Gasteiger partial charge is 0.246 e. The first-order chi connectivity index (χ1) is 11.8. The van der Waals surface area contributed by atoms with Gasteiger partial charge in [0.05, 0.1) is 11.4 Å². The highest BCUT2D eigenvalue weighted by molar-refractivity contribution is 7.89. The Morgan fingerprint density at radius 2 is 1.76 bits per heavy atom. The summed E-state index contributed by atoms with van der Waals surface area (Å²) in [4.78, 5) is 0.346. The van der Waals surface area contributed by atoms with E-state index in [1.807, 2.05) is 24.3 Å². The van der Waals surface area contributed by atoms with Gasteiger partial charge in [0.1, 0.15) is 4.90 Å². The van der Waals surface area contributed by atoms with Crippen LogP contribution in [-0.4, -0.2) is 41.6 Å². The average molecular weight is 383 g/mol. The highest BCUT2D eigenvalue weighted by atomic mass is 35.5. The van der Waals surface area contributed by atoms with Gasteiger partial charge in [0.15, 0.2) is 0 Å². The maximum atomic E-state index is 13.0. The first kappa shape index (κ1) is 18.2. The fourth-order valence-corrected chi connectivity index (χ4v) is 5.27. The van der Waals surface area contributed by atoms with E-state index in [2.05, 4.69) is 10.4 Å². The van der Waals surface area contributed by atoms with Crippen molar-refractivity contribution in [1.29, 1.82) is 0 Å². The van der Waals surface area contributed by atoms with Crippen LogP contribution < -0.4 is 5.32 Å². The van der Waals surface area contributed by atoms with Crippen LogP contribution in [0.2, 0.25) is 5.02 Å². The molecule has 6 nitrogen and oxygen atoms in total. The van der Waals surface area contributed by atoms with Crippen LogP contribution in [0.4, 0.5) is 5.69 Å². The molecule has 3 rings (SSSR count). The van der Waals surface area contributed by atoms with Gasteiger partial charge in [0.25, 0.3) is 0 Å². The van der Waals surface area contributed by atoms with Crippen molar-refractivity contribution in [3.05, 3.63) is 40.7 Å². The zero-order valence-corrected chi connectivity index (χ0v) is 16.2. The van der Waals surface area contributed by atoms with E-state index >= 15 is 0 Å². The minimum absolute atomic E-state index is 0.253. The number of rotatable bonds is 4. The second-order valence-corrected chi connectivity index (χ2v) is 8.76. The summed E-state index contributed by atoms with van der Waals surface area (Å²) in [6.45, 7) is 4.54. The number of piperidine rings is 1. The highest BCUT2D eigenvalue weighted by Gasteiger charge is 2.33. The lowest BCUT2D eigenvalue weighted by atomic mass is 10.1. The molecule has 1 aromatic carbocycles. The summed E-state index contributed by atoms with van der Waals surface area (Å²) in [6.07, 6.45) is 1.53. The Hall–Kier alpha value is -1.57. The number of halogens is 1. The molecule has 25 heavy (non-hydrogen) atoms. The molecule has 1 aliphatic heterocycles. The maximum absolute atomic E-state index is 13.0. The second-order valence-electron chi connectivity index (χ2n) is 6.45. The van der Waals surface area contributed by atoms with Gasteiger partial charge in [-0.2, -0.15) is 9.40 Å². The van der Waals surface area contributed by atoms with Crippen LogP contribution in [0, 0.1) is 13.8 Å². The monoisotopic (exact) mass is 382 g/mol. The number of anilines is 1. The standard InChI is InChI=1S/C17H23ClN4O2S/c1-12-17(13(2)21(3)20-12)25(23,24)22-10-8-16(9-11-22)19-15-6-4-14(18)5-7-15/h4-7,16,19H,8-11H2,1-3H3. The summed E-state index contributed by atoms with van der Waals surface area (Å²) < 4.78 is 29.2. The molecule has 2 heterocycles. The van der Waals surface area contributed by atoms with Crippen molar-refractivity contribution in [1.82, 2.24) is 14.1 Å². The fourth-order valence-electron chi connectivity index (χ4n) is 3.28. The summed E-state index contributed by atoms with van der Waals surface area (Å²) in [7, 11) is -1.73. The first-order valence-electron chi connectivity index (χ1n) is 8.31. The van der Waals surface area contributed by atoms with Gasteiger partial charge in [-0.15, -0.1) is 0 Å². The van der Waals surface area contributed by atoms with Crippen LogP contribution in [-0.2, 0) is 17.1 Å². The van der Waals surface area contributed by atoms with Gasteiger partial charge in [-0.3, -0.25) is 4.68 Å². The molecule has 1 fully saturated rings. The average Bonchev–Trinajstić information content (AvgIpc) is 2.83. The van der Waals surface area contributed by atoms with Crippen LogP contribution in [0.25, 0.3) is 0 Å². The molecular weight excluding hydrogens is 360 g/mol. The molecule has 0 spiro atoms. The Morgan fingerprint density at radius 1 is 1.16 bits per heavy atom. The van der Waals surface area contributed by atoms with Gasteiger partial charge in [-0.25, -0.2) is 8.42 Å². The van der Waals surface area contributed by atoms with E-state index in [-0.39, 0.29) is 6.04 Å².